The Kier molecular flexibility index (Phi) is 5.71. The Balaban J connectivity index is 2.65. The average molecular weight is 358 g/mol. The Morgan fingerprint density at radius 3 is 2.40 bits per heavy atom. The first-order valence-electron chi connectivity index (χ1n) is 4.43. The second kappa shape index (κ2) is 6.55. The number of amides is 1. The topological polar surface area (TPSA) is 29.1 Å². The van der Waals surface area contributed by atoms with E-state index in [0.29, 0.717) is 22.2 Å². The minimum atomic E-state index is -0.135. The molecule has 2 nitrogen and oxygen atoms in total. The monoisotopic (exact) mass is 357 g/mol. The van der Waals surface area contributed by atoms with E-state index in [4.69, 9.17) is 23.2 Å². The fraction of sp³-hybridized carbons (Fsp3) is 0.300. The van der Waals surface area contributed by atoms with Crippen LogP contribution in [0.5, 0.6) is 0 Å². The van der Waals surface area contributed by atoms with Gasteiger partial charge in [-0.25, -0.2) is 0 Å². The zero-order valence-corrected chi connectivity index (χ0v) is 11.6. The molecule has 0 bridgehead atoms. The highest BCUT2D eigenvalue weighted by Gasteiger charge is 2.06. The van der Waals surface area contributed by atoms with Crippen LogP contribution in [-0.2, 0) is 0 Å². The molecule has 5 heteroatoms. The molecule has 1 aromatic rings. The maximum Gasteiger partial charge on any atom is 0.251 e. The molecule has 0 unspecified atom stereocenters. The number of nitrogens with one attached hydrogen (secondary N) is 1. The van der Waals surface area contributed by atoms with Crippen LogP contribution in [0.25, 0.3) is 0 Å². The third-order valence-corrected chi connectivity index (χ3v) is 2.92. The summed E-state index contributed by atoms with van der Waals surface area (Å²) in [5.41, 5.74) is 0.501. The van der Waals surface area contributed by atoms with E-state index in [1.54, 1.807) is 18.2 Å². The summed E-state index contributed by atoms with van der Waals surface area (Å²) in [4.78, 5) is 11.6. The number of benzene rings is 1. The predicted octanol–water partition coefficient (Wildman–Crippen LogP) is 3.55. The van der Waals surface area contributed by atoms with Crippen molar-refractivity contribution in [3.05, 3.63) is 33.8 Å². The summed E-state index contributed by atoms with van der Waals surface area (Å²) in [6.45, 7) is 0.673. The van der Waals surface area contributed by atoms with Gasteiger partial charge in [-0.15, -0.1) is 0 Å². The van der Waals surface area contributed by atoms with Crippen molar-refractivity contribution >= 4 is 51.7 Å². The summed E-state index contributed by atoms with van der Waals surface area (Å²) in [7, 11) is 0. The molecule has 1 rings (SSSR count). The molecule has 0 aliphatic rings. The molecule has 0 aliphatic heterocycles. The first kappa shape index (κ1) is 13.1. The maximum atomic E-state index is 11.6. The van der Waals surface area contributed by atoms with E-state index in [-0.39, 0.29) is 5.91 Å². The lowest BCUT2D eigenvalue weighted by molar-refractivity contribution is 0.0954. The van der Waals surface area contributed by atoms with Crippen LogP contribution in [0.1, 0.15) is 16.8 Å². The van der Waals surface area contributed by atoms with Gasteiger partial charge in [0.15, 0.2) is 0 Å². The molecule has 82 valence electrons. The van der Waals surface area contributed by atoms with E-state index in [1.165, 1.54) is 0 Å². The van der Waals surface area contributed by atoms with Gasteiger partial charge in [0.1, 0.15) is 0 Å². The standard InChI is InChI=1S/C10H10Cl2INO/c11-8-4-7(5-9(12)6-8)10(15)14-3-1-2-13/h4-6H,1-3H2,(H,14,15). The molecule has 0 radical (unpaired) electrons. The summed E-state index contributed by atoms with van der Waals surface area (Å²) in [5, 5.41) is 3.74. The van der Waals surface area contributed by atoms with Gasteiger partial charge in [0, 0.05) is 26.6 Å². The molecule has 15 heavy (non-hydrogen) atoms. The van der Waals surface area contributed by atoms with Crippen molar-refractivity contribution in [3.8, 4) is 0 Å². The highest BCUT2D eigenvalue weighted by molar-refractivity contribution is 14.1. The quantitative estimate of drug-likeness (QED) is 0.498. The van der Waals surface area contributed by atoms with E-state index in [9.17, 15) is 4.79 Å². The van der Waals surface area contributed by atoms with Crippen molar-refractivity contribution in [3.63, 3.8) is 0 Å². The SMILES string of the molecule is O=C(NCCCI)c1cc(Cl)cc(Cl)c1. The molecule has 0 saturated heterocycles. The van der Waals surface area contributed by atoms with Crippen molar-refractivity contribution in [2.75, 3.05) is 11.0 Å². The summed E-state index contributed by atoms with van der Waals surface area (Å²) >= 11 is 13.8. The maximum absolute atomic E-state index is 11.6. The molecule has 0 saturated carbocycles. The van der Waals surface area contributed by atoms with E-state index in [0.717, 1.165) is 10.8 Å². The second-order valence-corrected chi connectivity index (χ2v) is 4.91. The zero-order chi connectivity index (χ0) is 11.3. The number of hydrogen-bond acceptors (Lipinski definition) is 1. The molecule has 0 aliphatic carbocycles. The van der Waals surface area contributed by atoms with Gasteiger partial charge in [-0.2, -0.15) is 0 Å². The molecule has 0 spiro atoms. The largest absolute Gasteiger partial charge is 0.352 e. The molecule has 0 atom stereocenters. The number of carbonyl (C=O) groups is 1. The summed E-state index contributed by atoms with van der Waals surface area (Å²) in [5.74, 6) is -0.135. The average Bonchev–Trinajstić information content (AvgIpc) is 2.16. The summed E-state index contributed by atoms with van der Waals surface area (Å²) < 4.78 is 1.02. The minimum absolute atomic E-state index is 0.135. The zero-order valence-electron chi connectivity index (χ0n) is 7.90. The van der Waals surface area contributed by atoms with E-state index in [1.807, 2.05) is 0 Å². The van der Waals surface area contributed by atoms with Crippen molar-refractivity contribution in [1.29, 1.82) is 0 Å². The minimum Gasteiger partial charge on any atom is -0.352 e. The number of rotatable bonds is 4. The van der Waals surface area contributed by atoms with Gasteiger partial charge in [0.25, 0.3) is 5.91 Å². The van der Waals surface area contributed by atoms with Gasteiger partial charge in [-0.05, 0) is 24.6 Å². The molecule has 0 aromatic heterocycles. The highest BCUT2D eigenvalue weighted by atomic mass is 127. The van der Waals surface area contributed by atoms with E-state index >= 15 is 0 Å². The molecular weight excluding hydrogens is 348 g/mol. The van der Waals surface area contributed by atoms with Crippen molar-refractivity contribution in [1.82, 2.24) is 5.32 Å². The van der Waals surface area contributed by atoms with Crippen LogP contribution in [0.4, 0.5) is 0 Å². The third kappa shape index (κ3) is 4.57. The molecule has 1 aromatic carbocycles. The fourth-order valence-electron chi connectivity index (χ4n) is 1.06. The fourth-order valence-corrected chi connectivity index (χ4v) is 1.96. The Labute approximate surface area is 112 Å². The first-order valence-corrected chi connectivity index (χ1v) is 6.72. The Bertz CT molecular complexity index is 337. The molecule has 0 fully saturated rings. The Hall–Kier alpha value is -0.000000000000000111. The molecule has 0 heterocycles. The smallest absolute Gasteiger partial charge is 0.251 e. The van der Waals surface area contributed by atoms with Gasteiger partial charge >= 0.3 is 0 Å². The van der Waals surface area contributed by atoms with Gasteiger partial charge < -0.3 is 5.32 Å². The van der Waals surface area contributed by atoms with Gasteiger partial charge in [0.05, 0.1) is 0 Å². The second-order valence-electron chi connectivity index (χ2n) is 2.96. The van der Waals surface area contributed by atoms with Crippen LogP contribution in [0, 0.1) is 0 Å². The summed E-state index contributed by atoms with van der Waals surface area (Å²) in [6, 6.07) is 4.81. The number of hydrogen-bond donors (Lipinski definition) is 1. The Morgan fingerprint density at radius 2 is 1.87 bits per heavy atom. The molecule has 1 amide bonds. The lowest BCUT2D eigenvalue weighted by Crippen LogP contribution is -2.24. The van der Waals surface area contributed by atoms with Crippen molar-refractivity contribution < 1.29 is 4.79 Å². The van der Waals surface area contributed by atoms with Crippen LogP contribution < -0.4 is 5.32 Å². The van der Waals surface area contributed by atoms with Gasteiger partial charge in [-0.1, -0.05) is 45.8 Å². The number of halogens is 3. The van der Waals surface area contributed by atoms with Gasteiger partial charge in [-0.3, -0.25) is 4.79 Å². The predicted molar refractivity (Wildman–Crippen MR) is 72.3 cm³/mol. The van der Waals surface area contributed by atoms with Crippen molar-refractivity contribution in [2.45, 2.75) is 6.42 Å². The Morgan fingerprint density at radius 1 is 1.27 bits per heavy atom. The van der Waals surface area contributed by atoms with E-state index < -0.39 is 0 Å². The molecule has 1 N–H and O–H groups in total. The lowest BCUT2D eigenvalue weighted by atomic mass is 10.2. The van der Waals surface area contributed by atoms with Crippen LogP contribution in [0.2, 0.25) is 10.0 Å². The number of alkyl halides is 1. The normalized spacial score (nSPS) is 10.1. The molecular formula is C10H10Cl2INO. The third-order valence-electron chi connectivity index (χ3n) is 1.72. The van der Waals surface area contributed by atoms with Crippen LogP contribution in [0.15, 0.2) is 18.2 Å². The highest BCUT2D eigenvalue weighted by Crippen LogP contribution is 2.18. The number of carbonyl (C=O) groups excluding carboxylic acids is 1. The van der Waals surface area contributed by atoms with Crippen molar-refractivity contribution in [2.24, 2.45) is 0 Å². The summed E-state index contributed by atoms with van der Waals surface area (Å²) in [6.07, 6.45) is 0.959. The van der Waals surface area contributed by atoms with Gasteiger partial charge in [0.2, 0.25) is 0 Å². The van der Waals surface area contributed by atoms with Crippen LogP contribution in [0.3, 0.4) is 0 Å². The first-order chi connectivity index (χ1) is 7.13. The van der Waals surface area contributed by atoms with Crippen LogP contribution >= 0.6 is 45.8 Å². The van der Waals surface area contributed by atoms with E-state index in [2.05, 4.69) is 27.9 Å². The van der Waals surface area contributed by atoms with Crippen LogP contribution in [-0.4, -0.2) is 16.9 Å². The lowest BCUT2D eigenvalue weighted by Gasteiger charge is -2.04.